The molecule has 0 fully saturated rings. The summed E-state index contributed by atoms with van der Waals surface area (Å²) < 4.78 is 5.61. The number of furan rings is 1. The molecule has 0 aliphatic rings. The van der Waals surface area contributed by atoms with Gasteiger partial charge in [0, 0.05) is 18.5 Å². The zero-order chi connectivity index (χ0) is 14.7. The fraction of sp³-hybridized carbons (Fsp3) is 0.375. The Morgan fingerprint density at radius 3 is 2.85 bits per heavy atom. The van der Waals surface area contributed by atoms with Crippen molar-refractivity contribution in [2.75, 3.05) is 13.1 Å². The third-order valence-corrected chi connectivity index (χ3v) is 3.27. The average molecular weight is 270 g/mol. The van der Waals surface area contributed by atoms with Gasteiger partial charge in [-0.25, -0.2) is 0 Å². The molecule has 1 atom stereocenters. The van der Waals surface area contributed by atoms with Crippen LogP contribution in [0.4, 0.5) is 0 Å². The molecule has 0 aliphatic carbocycles. The van der Waals surface area contributed by atoms with Crippen LogP contribution < -0.4 is 0 Å². The molecule has 2 aromatic rings. The minimum atomic E-state index is -0.189. The van der Waals surface area contributed by atoms with Crippen molar-refractivity contribution in [1.82, 2.24) is 4.90 Å². The van der Waals surface area contributed by atoms with Gasteiger partial charge in [0.15, 0.2) is 5.76 Å². The Kier molecular flexibility index (Phi) is 4.09. The van der Waals surface area contributed by atoms with Crippen LogP contribution in [0.25, 0.3) is 11.0 Å². The lowest BCUT2D eigenvalue weighted by Crippen LogP contribution is -2.34. The number of aryl methyl sites for hydroxylation is 1. The van der Waals surface area contributed by atoms with Crippen LogP contribution in [0.5, 0.6) is 0 Å². The minimum absolute atomic E-state index is 0.163. The molecule has 1 unspecified atom stereocenters. The predicted molar refractivity (Wildman–Crippen MR) is 77.3 cm³/mol. The van der Waals surface area contributed by atoms with Crippen molar-refractivity contribution < 1.29 is 9.21 Å². The van der Waals surface area contributed by atoms with E-state index in [4.69, 9.17) is 9.68 Å². The lowest BCUT2D eigenvalue weighted by atomic mass is 10.1. The van der Waals surface area contributed by atoms with Gasteiger partial charge >= 0.3 is 0 Å². The maximum atomic E-state index is 12.4. The van der Waals surface area contributed by atoms with E-state index in [-0.39, 0.29) is 11.8 Å². The highest BCUT2D eigenvalue weighted by Gasteiger charge is 2.20. The number of fused-ring (bicyclic) bond motifs is 1. The van der Waals surface area contributed by atoms with Crippen molar-refractivity contribution in [2.24, 2.45) is 5.92 Å². The van der Waals surface area contributed by atoms with Gasteiger partial charge in [-0.3, -0.25) is 4.79 Å². The predicted octanol–water partition coefficient (Wildman–Crippen LogP) is 3.36. The molecule has 1 aromatic carbocycles. The van der Waals surface area contributed by atoms with E-state index in [0.29, 0.717) is 24.4 Å². The first-order valence-corrected chi connectivity index (χ1v) is 6.74. The summed E-state index contributed by atoms with van der Waals surface area (Å²) in [6, 6.07) is 9.73. The van der Waals surface area contributed by atoms with Crippen molar-refractivity contribution in [3.05, 3.63) is 35.6 Å². The summed E-state index contributed by atoms with van der Waals surface area (Å²) in [5, 5.41) is 9.79. The van der Waals surface area contributed by atoms with Crippen LogP contribution in [-0.4, -0.2) is 23.9 Å². The molecule has 1 aromatic heterocycles. The first-order valence-electron chi connectivity index (χ1n) is 6.74. The van der Waals surface area contributed by atoms with Gasteiger partial charge in [-0.05, 0) is 39.0 Å². The molecule has 0 N–H and O–H groups in total. The smallest absolute Gasteiger partial charge is 0.289 e. The molecule has 20 heavy (non-hydrogen) atoms. The van der Waals surface area contributed by atoms with Crippen molar-refractivity contribution >= 4 is 16.9 Å². The lowest BCUT2D eigenvalue weighted by molar-refractivity contribution is 0.0723. The SMILES string of the molecule is CCN(CC(C)C#N)C(=O)c1cc2cc(C)ccc2o1. The average Bonchev–Trinajstić information content (AvgIpc) is 2.86. The Hall–Kier alpha value is -2.28. The molecule has 104 valence electrons. The summed E-state index contributed by atoms with van der Waals surface area (Å²) in [4.78, 5) is 14.0. The zero-order valence-corrected chi connectivity index (χ0v) is 12.0. The molecular weight excluding hydrogens is 252 g/mol. The third-order valence-electron chi connectivity index (χ3n) is 3.27. The van der Waals surface area contributed by atoms with Crippen LogP contribution in [0.3, 0.4) is 0 Å². The summed E-state index contributed by atoms with van der Waals surface area (Å²) in [6.07, 6.45) is 0. The summed E-state index contributed by atoms with van der Waals surface area (Å²) in [5.41, 5.74) is 1.84. The highest BCUT2D eigenvalue weighted by atomic mass is 16.3. The largest absolute Gasteiger partial charge is 0.451 e. The van der Waals surface area contributed by atoms with Gasteiger partial charge in [0.1, 0.15) is 5.58 Å². The second kappa shape index (κ2) is 5.79. The molecule has 0 saturated heterocycles. The topological polar surface area (TPSA) is 57.2 Å². The van der Waals surface area contributed by atoms with Crippen LogP contribution in [0.2, 0.25) is 0 Å². The number of benzene rings is 1. The second-order valence-corrected chi connectivity index (χ2v) is 5.03. The second-order valence-electron chi connectivity index (χ2n) is 5.03. The van der Waals surface area contributed by atoms with Crippen molar-refractivity contribution in [1.29, 1.82) is 5.26 Å². The number of hydrogen-bond donors (Lipinski definition) is 0. The van der Waals surface area contributed by atoms with Gasteiger partial charge < -0.3 is 9.32 Å². The summed E-state index contributed by atoms with van der Waals surface area (Å²) in [7, 11) is 0. The molecule has 1 heterocycles. The Morgan fingerprint density at radius 2 is 2.20 bits per heavy atom. The van der Waals surface area contributed by atoms with Crippen LogP contribution in [0.15, 0.2) is 28.7 Å². The molecule has 0 spiro atoms. The Morgan fingerprint density at radius 1 is 1.45 bits per heavy atom. The van der Waals surface area contributed by atoms with Gasteiger partial charge in [-0.1, -0.05) is 11.6 Å². The lowest BCUT2D eigenvalue weighted by Gasteiger charge is -2.20. The van der Waals surface area contributed by atoms with Gasteiger partial charge in [0.05, 0.1) is 12.0 Å². The number of nitrogens with zero attached hydrogens (tertiary/aromatic N) is 2. The molecule has 2 rings (SSSR count). The minimum Gasteiger partial charge on any atom is -0.451 e. The Bertz CT molecular complexity index is 667. The first-order chi connectivity index (χ1) is 9.55. The number of rotatable bonds is 4. The highest BCUT2D eigenvalue weighted by Crippen LogP contribution is 2.22. The van der Waals surface area contributed by atoms with E-state index in [1.807, 2.05) is 32.0 Å². The Balaban J connectivity index is 2.27. The molecule has 1 amide bonds. The number of amides is 1. The van der Waals surface area contributed by atoms with Gasteiger partial charge in [0.25, 0.3) is 5.91 Å². The van der Waals surface area contributed by atoms with E-state index in [0.717, 1.165) is 10.9 Å². The molecular formula is C16H18N2O2. The van der Waals surface area contributed by atoms with Crippen molar-refractivity contribution in [2.45, 2.75) is 20.8 Å². The number of nitriles is 1. The van der Waals surface area contributed by atoms with Crippen molar-refractivity contribution in [3.63, 3.8) is 0 Å². The maximum absolute atomic E-state index is 12.4. The van der Waals surface area contributed by atoms with Crippen LogP contribution in [0, 0.1) is 24.2 Å². The van der Waals surface area contributed by atoms with Crippen LogP contribution in [-0.2, 0) is 0 Å². The summed E-state index contributed by atoms with van der Waals surface area (Å²) >= 11 is 0. The maximum Gasteiger partial charge on any atom is 0.289 e. The van der Waals surface area contributed by atoms with E-state index >= 15 is 0 Å². The summed E-state index contributed by atoms with van der Waals surface area (Å²) in [5.74, 6) is -0.0217. The molecule has 4 heteroatoms. The van der Waals surface area contributed by atoms with E-state index < -0.39 is 0 Å². The monoisotopic (exact) mass is 270 g/mol. The summed E-state index contributed by atoms with van der Waals surface area (Å²) in [6.45, 7) is 6.68. The molecule has 0 radical (unpaired) electrons. The Labute approximate surface area is 118 Å². The van der Waals surface area contributed by atoms with E-state index in [9.17, 15) is 4.79 Å². The van der Waals surface area contributed by atoms with Crippen LogP contribution >= 0.6 is 0 Å². The van der Waals surface area contributed by atoms with E-state index in [2.05, 4.69) is 6.07 Å². The van der Waals surface area contributed by atoms with Gasteiger partial charge in [0.2, 0.25) is 0 Å². The van der Waals surface area contributed by atoms with Gasteiger partial charge in [-0.2, -0.15) is 5.26 Å². The molecule has 0 aliphatic heterocycles. The van der Waals surface area contributed by atoms with E-state index in [1.165, 1.54) is 0 Å². The quantitative estimate of drug-likeness (QED) is 0.856. The highest BCUT2D eigenvalue weighted by molar-refractivity contribution is 5.96. The number of hydrogen-bond acceptors (Lipinski definition) is 3. The van der Waals surface area contributed by atoms with Crippen molar-refractivity contribution in [3.8, 4) is 6.07 Å². The van der Waals surface area contributed by atoms with Crippen LogP contribution in [0.1, 0.15) is 30.0 Å². The van der Waals surface area contributed by atoms with Gasteiger partial charge in [-0.15, -0.1) is 0 Å². The number of carbonyl (C=O) groups is 1. The van der Waals surface area contributed by atoms with E-state index in [1.54, 1.807) is 17.9 Å². The molecule has 4 nitrogen and oxygen atoms in total. The molecule has 0 saturated carbocycles. The normalized spacial score (nSPS) is 12.1. The third kappa shape index (κ3) is 2.83. The molecule has 0 bridgehead atoms. The fourth-order valence-corrected chi connectivity index (χ4v) is 2.15. The number of carbonyl (C=O) groups excluding carboxylic acids is 1. The standard InChI is InChI=1S/C16H18N2O2/c1-4-18(10-12(3)9-17)16(19)15-8-13-7-11(2)5-6-14(13)20-15/h5-8,12H,4,10H2,1-3H3. The fourth-order valence-electron chi connectivity index (χ4n) is 2.15. The first kappa shape index (κ1) is 14.1. The zero-order valence-electron chi connectivity index (χ0n) is 12.0.